The first kappa shape index (κ1) is 15.0. The van der Waals surface area contributed by atoms with Gasteiger partial charge in [0.1, 0.15) is 6.61 Å². The van der Waals surface area contributed by atoms with E-state index in [9.17, 15) is 8.42 Å². The topological polar surface area (TPSA) is 66.4 Å². The predicted molar refractivity (Wildman–Crippen MR) is 77.6 cm³/mol. The second kappa shape index (κ2) is 5.96. The van der Waals surface area contributed by atoms with Crippen molar-refractivity contribution in [3.63, 3.8) is 0 Å². The molecule has 0 atom stereocenters. The van der Waals surface area contributed by atoms with E-state index in [0.717, 1.165) is 19.3 Å². The molecule has 2 N–H and O–H groups in total. The zero-order valence-corrected chi connectivity index (χ0v) is 12.3. The van der Waals surface area contributed by atoms with E-state index < -0.39 is 10.0 Å². The maximum Gasteiger partial charge on any atom is 0.241 e. The van der Waals surface area contributed by atoms with Crippen LogP contribution in [0, 0.1) is 17.3 Å². The zero-order chi connectivity index (χ0) is 14.6. The van der Waals surface area contributed by atoms with Crippen molar-refractivity contribution in [1.29, 1.82) is 0 Å². The summed E-state index contributed by atoms with van der Waals surface area (Å²) in [6.07, 6.45) is 3.15. The fraction of sp³-hybridized carbons (Fsp3) is 0.467. The normalized spacial score (nSPS) is 16.3. The fourth-order valence-electron chi connectivity index (χ4n) is 2.10. The second-order valence-electron chi connectivity index (χ2n) is 5.13. The highest BCUT2D eigenvalue weighted by Gasteiger charge is 2.41. The molecule has 5 heteroatoms. The summed E-state index contributed by atoms with van der Waals surface area (Å²) >= 11 is 0. The summed E-state index contributed by atoms with van der Waals surface area (Å²) in [4.78, 5) is 0.174. The molecule has 1 aromatic rings. The second-order valence-corrected chi connectivity index (χ2v) is 6.87. The van der Waals surface area contributed by atoms with E-state index in [1.54, 1.807) is 18.2 Å². The Morgan fingerprint density at radius 3 is 2.65 bits per heavy atom. The van der Waals surface area contributed by atoms with Crippen LogP contribution >= 0.6 is 0 Å². The SMILES string of the molecule is CCC1(CNS(=O)(=O)c2ccccc2C#CCO)CC1. The van der Waals surface area contributed by atoms with Crippen LogP contribution in [0.1, 0.15) is 31.7 Å². The van der Waals surface area contributed by atoms with Gasteiger partial charge >= 0.3 is 0 Å². The molecule has 0 aliphatic heterocycles. The fourth-order valence-corrected chi connectivity index (χ4v) is 3.41. The summed E-state index contributed by atoms with van der Waals surface area (Å²) < 4.78 is 27.4. The van der Waals surface area contributed by atoms with Crippen LogP contribution in [0.5, 0.6) is 0 Å². The molecule has 1 aliphatic rings. The quantitative estimate of drug-likeness (QED) is 0.809. The molecule has 1 aromatic carbocycles. The van der Waals surface area contributed by atoms with Gasteiger partial charge in [-0.05, 0) is 36.8 Å². The highest BCUT2D eigenvalue weighted by Crippen LogP contribution is 2.48. The molecule has 4 nitrogen and oxygen atoms in total. The lowest BCUT2D eigenvalue weighted by atomic mass is 10.1. The minimum atomic E-state index is -3.56. The molecule has 0 spiro atoms. The van der Waals surface area contributed by atoms with Crippen molar-refractivity contribution in [3.8, 4) is 11.8 Å². The van der Waals surface area contributed by atoms with E-state index in [-0.39, 0.29) is 16.9 Å². The molecule has 20 heavy (non-hydrogen) atoms. The van der Waals surface area contributed by atoms with Gasteiger partial charge in [0, 0.05) is 12.1 Å². The first-order valence-corrected chi connectivity index (χ1v) is 8.20. The summed E-state index contributed by atoms with van der Waals surface area (Å²) in [6.45, 7) is 2.27. The van der Waals surface area contributed by atoms with E-state index in [4.69, 9.17) is 5.11 Å². The third-order valence-electron chi connectivity index (χ3n) is 3.82. The van der Waals surface area contributed by atoms with Gasteiger partial charge in [0.15, 0.2) is 0 Å². The summed E-state index contributed by atoms with van der Waals surface area (Å²) in [7, 11) is -3.56. The first-order chi connectivity index (χ1) is 9.53. The van der Waals surface area contributed by atoms with Crippen LogP contribution in [0.3, 0.4) is 0 Å². The molecule has 1 fully saturated rings. The summed E-state index contributed by atoms with van der Waals surface area (Å²) in [5, 5.41) is 8.73. The molecular weight excluding hydrogens is 274 g/mol. The van der Waals surface area contributed by atoms with Crippen molar-refractivity contribution in [2.75, 3.05) is 13.2 Å². The van der Waals surface area contributed by atoms with E-state index >= 15 is 0 Å². The maximum absolute atomic E-state index is 12.4. The van der Waals surface area contributed by atoms with E-state index in [0.29, 0.717) is 12.1 Å². The van der Waals surface area contributed by atoms with Crippen LogP contribution in [0.2, 0.25) is 0 Å². The standard InChI is InChI=1S/C15H19NO3S/c1-2-15(9-10-15)12-16-20(18,19)14-8-4-3-6-13(14)7-5-11-17/h3-4,6,8,16-17H,2,9-12H2,1H3. The van der Waals surface area contributed by atoms with Gasteiger partial charge in [0.2, 0.25) is 10.0 Å². The monoisotopic (exact) mass is 293 g/mol. The molecule has 0 saturated heterocycles. The summed E-state index contributed by atoms with van der Waals surface area (Å²) in [5.41, 5.74) is 0.564. The number of aliphatic hydroxyl groups excluding tert-OH is 1. The van der Waals surface area contributed by atoms with Gasteiger partial charge in [0.05, 0.1) is 4.90 Å². The number of nitrogens with one attached hydrogen (secondary N) is 1. The van der Waals surface area contributed by atoms with Gasteiger partial charge in [-0.3, -0.25) is 0 Å². The Hall–Kier alpha value is -1.35. The Kier molecular flexibility index (Phi) is 4.48. The van der Waals surface area contributed by atoms with Crippen LogP contribution in [-0.2, 0) is 10.0 Å². The van der Waals surface area contributed by atoms with Crippen LogP contribution in [0.15, 0.2) is 29.2 Å². The van der Waals surface area contributed by atoms with Crippen LogP contribution in [0.25, 0.3) is 0 Å². The minimum absolute atomic E-state index is 0.152. The van der Waals surface area contributed by atoms with Gasteiger partial charge in [0.25, 0.3) is 0 Å². The van der Waals surface area contributed by atoms with Gasteiger partial charge in [-0.25, -0.2) is 13.1 Å². The van der Waals surface area contributed by atoms with Crippen molar-refractivity contribution >= 4 is 10.0 Å². The number of benzene rings is 1. The Morgan fingerprint density at radius 2 is 2.05 bits per heavy atom. The molecule has 0 unspecified atom stereocenters. The number of hydrogen-bond donors (Lipinski definition) is 2. The van der Waals surface area contributed by atoms with Crippen molar-refractivity contribution in [2.24, 2.45) is 5.41 Å². The number of aliphatic hydroxyl groups is 1. The largest absolute Gasteiger partial charge is 0.384 e. The molecule has 0 bridgehead atoms. The molecular formula is C15H19NO3S. The molecule has 0 heterocycles. The highest BCUT2D eigenvalue weighted by atomic mass is 32.2. The lowest BCUT2D eigenvalue weighted by Crippen LogP contribution is -2.30. The summed E-state index contributed by atoms with van der Waals surface area (Å²) in [6, 6.07) is 6.58. The third-order valence-corrected chi connectivity index (χ3v) is 5.28. The Labute approximate surface area is 120 Å². The molecule has 2 rings (SSSR count). The third kappa shape index (κ3) is 3.40. The summed E-state index contributed by atoms with van der Waals surface area (Å²) in [5.74, 6) is 5.16. The van der Waals surface area contributed by atoms with Crippen molar-refractivity contribution < 1.29 is 13.5 Å². The van der Waals surface area contributed by atoms with E-state index in [2.05, 4.69) is 23.5 Å². The number of hydrogen-bond acceptors (Lipinski definition) is 3. The van der Waals surface area contributed by atoms with Crippen LogP contribution < -0.4 is 4.72 Å². The minimum Gasteiger partial charge on any atom is -0.384 e. The Bertz CT molecular complexity index is 637. The average molecular weight is 293 g/mol. The van der Waals surface area contributed by atoms with Crippen LogP contribution in [0.4, 0.5) is 0 Å². The van der Waals surface area contributed by atoms with Gasteiger partial charge in [-0.2, -0.15) is 0 Å². The Morgan fingerprint density at radius 1 is 1.35 bits per heavy atom. The molecule has 108 valence electrons. The first-order valence-electron chi connectivity index (χ1n) is 6.71. The van der Waals surface area contributed by atoms with Crippen molar-refractivity contribution in [1.82, 2.24) is 4.72 Å². The lowest BCUT2D eigenvalue weighted by molar-refractivity contribution is 0.350. The molecule has 0 radical (unpaired) electrons. The van der Waals surface area contributed by atoms with E-state index in [1.165, 1.54) is 6.07 Å². The number of rotatable bonds is 5. The molecule has 1 aliphatic carbocycles. The molecule has 1 saturated carbocycles. The maximum atomic E-state index is 12.4. The van der Waals surface area contributed by atoms with Gasteiger partial charge in [-0.15, -0.1) is 0 Å². The average Bonchev–Trinajstić information content (AvgIpc) is 3.24. The van der Waals surface area contributed by atoms with Gasteiger partial charge in [-0.1, -0.05) is 30.9 Å². The van der Waals surface area contributed by atoms with E-state index in [1.807, 2.05) is 0 Å². The predicted octanol–water partition coefficient (Wildman–Crippen LogP) is 1.50. The van der Waals surface area contributed by atoms with Crippen molar-refractivity contribution in [3.05, 3.63) is 29.8 Å². The van der Waals surface area contributed by atoms with Crippen LogP contribution in [-0.4, -0.2) is 26.7 Å². The number of sulfonamides is 1. The van der Waals surface area contributed by atoms with Crippen molar-refractivity contribution in [2.45, 2.75) is 31.1 Å². The zero-order valence-electron chi connectivity index (χ0n) is 11.5. The Balaban J connectivity index is 2.21. The molecule has 0 aromatic heterocycles. The molecule has 0 amide bonds. The lowest BCUT2D eigenvalue weighted by Gasteiger charge is -2.14. The highest BCUT2D eigenvalue weighted by molar-refractivity contribution is 7.89. The van der Waals surface area contributed by atoms with Gasteiger partial charge < -0.3 is 5.11 Å². The smallest absolute Gasteiger partial charge is 0.241 e.